The molecule has 3 aliphatic rings. The number of hydrogen-bond donors (Lipinski definition) is 0. The van der Waals surface area contributed by atoms with E-state index in [1.165, 1.54) is 7.11 Å². The summed E-state index contributed by atoms with van der Waals surface area (Å²) in [6.45, 7) is 3.84. The second-order valence-electron chi connectivity index (χ2n) is 5.59. The second kappa shape index (κ2) is 4.90. The quantitative estimate of drug-likeness (QED) is 0.445. The van der Waals surface area contributed by atoms with E-state index < -0.39 is 15.5 Å². The van der Waals surface area contributed by atoms with Crippen LogP contribution in [0.2, 0.25) is 0 Å². The van der Waals surface area contributed by atoms with Crippen LogP contribution in [0.3, 0.4) is 0 Å². The fraction of sp³-hybridized carbons (Fsp3) is 0.769. The van der Waals surface area contributed by atoms with Crippen LogP contribution >= 0.6 is 0 Å². The van der Waals surface area contributed by atoms with Gasteiger partial charge in [-0.2, -0.15) is 8.42 Å². The smallest absolute Gasteiger partial charge is 0.309 e. The summed E-state index contributed by atoms with van der Waals surface area (Å²) in [5, 5.41) is 0. The summed E-state index contributed by atoms with van der Waals surface area (Å²) in [4.78, 5) is 11.9. The Labute approximate surface area is 114 Å². The summed E-state index contributed by atoms with van der Waals surface area (Å²) in [5.74, 6) is -0.365. The Hall–Kier alpha value is -0.880. The fourth-order valence-electron chi connectivity index (χ4n) is 3.54. The van der Waals surface area contributed by atoms with Crippen LogP contribution in [-0.2, 0) is 23.8 Å². The topological polar surface area (TPSA) is 69.7 Å². The number of esters is 1. The Morgan fingerprint density at radius 1 is 1.47 bits per heavy atom. The van der Waals surface area contributed by atoms with Crippen LogP contribution in [-0.4, -0.2) is 33.9 Å². The molecular formula is C13H20O5S. The second-order valence-corrected chi connectivity index (χ2v) is 7.19. The maximum Gasteiger partial charge on any atom is 0.309 e. The molecule has 108 valence electrons. The van der Waals surface area contributed by atoms with Gasteiger partial charge in [0.05, 0.1) is 25.4 Å². The Morgan fingerprint density at radius 2 is 2.16 bits per heavy atom. The molecule has 0 aromatic rings. The molecule has 0 radical (unpaired) electrons. The Kier molecular flexibility index (Phi) is 3.75. The van der Waals surface area contributed by atoms with Crippen molar-refractivity contribution in [1.29, 1.82) is 0 Å². The van der Waals surface area contributed by atoms with Gasteiger partial charge >= 0.3 is 5.97 Å². The van der Waals surface area contributed by atoms with Gasteiger partial charge in [-0.05, 0) is 31.6 Å². The van der Waals surface area contributed by atoms with Crippen LogP contribution in [0.15, 0.2) is 12.7 Å². The maximum absolute atomic E-state index is 11.9. The number of carbonyl (C=O) groups is 1. The lowest BCUT2D eigenvalue weighted by Crippen LogP contribution is -2.52. The predicted octanol–water partition coefficient (Wildman–Crippen LogP) is 1.50. The summed E-state index contributed by atoms with van der Waals surface area (Å²) >= 11 is 0. The zero-order valence-electron chi connectivity index (χ0n) is 11.3. The maximum atomic E-state index is 11.9. The number of carbonyl (C=O) groups excluding carboxylic acids is 1. The Morgan fingerprint density at radius 3 is 2.68 bits per heavy atom. The number of ether oxygens (including phenoxy) is 1. The minimum Gasteiger partial charge on any atom is -0.469 e. The highest BCUT2D eigenvalue weighted by atomic mass is 32.2. The van der Waals surface area contributed by atoms with E-state index >= 15 is 0 Å². The third kappa shape index (κ3) is 2.69. The molecule has 0 saturated heterocycles. The number of hydrogen-bond acceptors (Lipinski definition) is 5. The van der Waals surface area contributed by atoms with E-state index in [4.69, 9.17) is 8.92 Å². The minimum atomic E-state index is -3.47. The normalized spacial score (nSPS) is 37.9. The van der Waals surface area contributed by atoms with Gasteiger partial charge in [0.25, 0.3) is 10.1 Å². The molecule has 6 heteroatoms. The Bertz CT molecular complexity index is 483. The molecule has 0 unspecified atom stereocenters. The first-order valence-electron chi connectivity index (χ1n) is 6.41. The van der Waals surface area contributed by atoms with Crippen LogP contribution in [0.1, 0.15) is 25.7 Å². The molecule has 0 amide bonds. The predicted molar refractivity (Wildman–Crippen MR) is 69.8 cm³/mol. The molecule has 3 aliphatic carbocycles. The highest BCUT2D eigenvalue weighted by Crippen LogP contribution is 2.55. The summed E-state index contributed by atoms with van der Waals surface area (Å²) < 4.78 is 32.6. The first-order valence-corrected chi connectivity index (χ1v) is 8.22. The molecule has 0 heterocycles. The molecule has 3 rings (SSSR count). The van der Waals surface area contributed by atoms with Crippen molar-refractivity contribution in [3.05, 3.63) is 12.7 Å². The van der Waals surface area contributed by atoms with Crippen molar-refractivity contribution in [2.24, 2.45) is 17.3 Å². The van der Waals surface area contributed by atoms with Crippen LogP contribution in [0.25, 0.3) is 0 Å². The first-order chi connectivity index (χ1) is 8.81. The van der Waals surface area contributed by atoms with E-state index in [9.17, 15) is 13.2 Å². The summed E-state index contributed by atoms with van der Waals surface area (Å²) in [6.07, 6.45) is 5.33. The van der Waals surface area contributed by atoms with Gasteiger partial charge in [0.2, 0.25) is 0 Å². The average Bonchev–Trinajstić information content (AvgIpc) is 2.36. The summed E-state index contributed by atoms with van der Waals surface area (Å²) in [6, 6.07) is 0. The molecule has 0 aliphatic heterocycles. The van der Waals surface area contributed by atoms with Crippen molar-refractivity contribution in [3.63, 3.8) is 0 Å². The van der Waals surface area contributed by atoms with Crippen LogP contribution < -0.4 is 0 Å². The summed E-state index contributed by atoms with van der Waals surface area (Å²) in [7, 11) is -2.09. The number of methoxy groups -OCH3 is 1. The van der Waals surface area contributed by atoms with Crippen LogP contribution in [0, 0.1) is 17.3 Å². The number of allylic oxidation sites excluding steroid dienone is 1. The van der Waals surface area contributed by atoms with Crippen LogP contribution in [0.4, 0.5) is 0 Å². The first kappa shape index (κ1) is 14.5. The Balaban J connectivity index is 2.24. The van der Waals surface area contributed by atoms with E-state index in [0.29, 0.717) is 12.8 Å². The van der Waals surface area contributed by atoms with Gasteiger partial charge in [-0.1, -0.05) is 6.08 Å². The van der Waals surface area contributed by atoms with Crippen molar-refractivity contribution in [3.8, 4) is 0 Å². The molecule has 4 atom stereocenters. The minimum absolute atomic E-state index is 0.0978. The highest BCUT2D eigenvalue weighted by Gasteiger charge is 2.54. The monoisotopic (exact) mass is 288 g/mol. The number of rotatable bonds is 4. The zero-order chi connectivity index (χ0) is 14.3. The SMILES string of the molecule is C=C[C@@]12CC[C@@H](C[C@H]1C(=O)OC)[C@@H](OS(C)(=O)=O)C2. The van der Waals surface area contributed by atoms with Gasteiger partial charge in [-0.15, -0.1) is 6.58 Å². The standard InChI is InChI=1S/C13H20O5S/c1-4-13-6-5-9(7-10(13)12(14)17-2)11(8-13)18-19(3,15)16/h4,9-11H,1,5-8H2,2-3H3/t9-,10-,11-,13-/m0/s1. The molecular weight excluding hydrogens is 268 g/mol. The molecule has 0 spiro atoms. The highest BCUT2D eigenvalue weighted by molar-refractivity contribution is 7.86. The molecule has 2 bridgehead atoms. The van der Waals surface area contributed by atoms with Gasteiger partial charge in [0, 0.05) is 5.41 Å². The van der Waals surface area contributed by atoms with Crippen molar-refractivity contribution in [2.75, 3.05) is 13.4 Å². The zero-order valence-corrected chi connectivity index (χ0v) is 12.1. The van der Waals surface area contributed by atoms with Gasteiger partial charge in [0.1, 0.15) is 0 Å². The van der Waals surface area contributed by atoms with Crippen LogP contribution in [0.5, 0.6) is 0 Å². The van der Waals surface area contributed by atoms with Crippen molar-refractivity contribution in [2.45, 2.75) is 31.8 Å². The molecule has 3 saturated carbocycles. The van der Waals surface area contributed by atoms with E-state index in [1.54, 1.807) is 6.08 Å². The van der Waals surface area contributed by atoms with E-state index in [-0.39, 0.29) is 23.9 Å². The molecule has 0 aromatic carbocycles. The fourth-order valence-corrected chi connectivity index (χ4v) is 4.22. The lowest BCUT2D eigenvalue weighted by Gasteiger charge is -2.52. The largest absolute Gasteiger partial charge is 0.469 e. The summed E-state index contributed by atoms with van der Waals surface area (Å²) in [5.41, 5.74) is -0.392. The molecule has 5 nitrogen and oxygen atoms in total. The van der Waals surface area contributed by atoms with E-state index in [1.807, 2.05) is 0 Å². The van der Waals surface area contributed by atoms with Crippen molar-refractivity contribution in [1.82, 2.24) is 0 Å². The molecule has 3 fully saturated rings. The van der Waals surface area contributed by atoms with Crippen molar-refractivity contribution >= 4 is 16.1 Å². The average molecular weight is 288 g/mol. The van der Waals surface area contributed by atoms with Gasteiger partial charge in [0.15, 0.2) is 0 Å². The lowest BCUT2D eigenvalue weighted by molar-refractivity contribution is -0.159. The molecule has 0 N–H and O–H groups in total. The van der Waals surface area contributed by atoms with Crippen molar-refractivity contribution < 1.29 is 22.1 Å². The van der Waals surface area contributed by atoms with Gasteiger partial charge < -0.3 is 4.74 Å². The van der Waals surface area contributed by atoms with Gasteiger partial charge in [-0.25, -0.2) is 0 Å². The van der Waals surface area contributed by atoms with E-state index in [0.717, 1.165) is 19.1 Å². The number of fused-ring (bicyclic) bond motifs is 3. The third-order valence-corrected chi connectivity index (χ3v) is 5.11. The van der Waals surface area contributed by atoms with E-state index in [2.05, 4.69) is 6.58 Å². The molecule has 19 heavy (non-hydrogen) atoms. The molecule has 0 aromatic heterocycles. The van der Waals surface area contributed by atoms with Gasteiger partial charge in [-0.3, -0.25) is 8.98 Å². The third-order valence-electron chi connectivity index (χ3n) is 4.51. The lowest BCUT2D eigenvalue weighted by atomic mass is 9.54.